The number of fused-ring (bicyclic) bond motifs is 1. The number of aryl methyl sites for hydroxylation is 1. The molecule has 132 valence electrons. The van der Waals surface area contributed by atoms with Crippen molar-refractivity contribution in [3.05, 3.63) is 70.7 Å². The first-order chi connectivity index (χ1) is 12.6. The van der Waals surface area contributed by atoms with E-state index in [0.717, 1.165) is 27.2 Å². The van der Waals surface area contributed by atoms with Gasteiger partial charge in [-0.3, -0.25) is 4.79 Å². The molecular weight excluding hydrogens is 346 g/mol. The number of esters is 1. The number of carbonyl (C=O) groups is 2. The Kier molecular flexibility index (Phi) is 5.58. The van der Waals surface area contributed by atoms with Crippen LogP contribution in [0.2, 0.25) is 0 Å². The summed E-state index contributed by atoms with van der Waals surface area (Å²) < 4.78 is 6.28. The molecule has 1 heterocycles. The van der Waals surface area contributed by atoms with Gasteiger partial charge in [0.2, 0.25) is 5.78 Å². The fraction of sp³-hybridized carbons (Fsp3) is 0.190. The Labute approximate surface area is 156 Å². The molecule has 0 aliphatic heterocycles. The van der Waals surface area contributed by atoms with E-state index in [4.69, 9.17) is 4.74 Å². The molecule has 4 nitrogen and oxygen atoms in total. The van der Waals surface area contributed by atoms with E-state index >= 15 is 0 Å². The number of ether oxygens (including phenoxy) is 1. The van der Waals surface area contributed by atoms with Crippen LogP contribution in [0.4, 0.5) is 0 Å². The van der Waals surface area contributed by atoms with Crippen LogP contribution in [0, 0.1) is 0 Å². The highest BCUT2D eigenvalue weighted by molar-refractivity contribution is 7.19. The summed E-state index contributed by atoms with van der Waals surface area (Å²) in [5, 5.41) is 0.720. The maximum Gasteiger partial charge on any atom is 0.331 e. The van der Waals surface area contributed by atoms with Gasteiger partial charge in [-0.1, -0.05) is 43.3 Å². The molecule has 0 amide bonds. The molecule has 0 spiro atoms. The van der Waals surface area contributed by atoms with Gasteiger partial charge in [0, 0.05) is 11.6 Å². The van der Waals surface area contributed by atoms with Crippen molar-refractivity contribution in [3.8, 4) is 0 Å². The normalized spacial score (nSPS) is 12.4. The molecule has 3 rings (SSSR count). The van der Waals surface area contributed by atoms with Crippen LogP contribution in [-0.4, -0.2) is 22.8 Å². The number of aromatic nitrogens is 1. The van der Waals surface area contributed by atoms with Gasteiger partial charge in [0.1, 0.15) is 5.01 Å². The van der Waals surface area contributed by atoms with Gasteiger partial charge in [0.05, 0.1) is 10.2 Å². The van der Waals surface area contributed by atoms with Crippen LogP contribution < -0.4 is 0 Å². The van der Waals surface area contributed by atoms with E-state index in [-0.39, 0.29) is 5.78 Å². The van der Waals surface area contributed by atoms with Gasteiger partial charge in [-0.2, -0.15) is 0 Å². The van der Waals surface area contributed by atoms with Crippen LogP contribution >= 0.6 is 11.3 Å². The molecule has 0 aliphatic rings. The predicted molar refractivity (Wildman–Crippen MR) is 104 cm³/mol. The van der Waals surface area contributed by atoms with Gasteiger partial charge >= 0.3 is 5.97 Å². The summed E-state index contributed by atoms with van der Waals surface area (Å²) in [5.41, 5.74) is 2.59. The monoisotopic (exact) mass is 365 g/mol. The standard InChI is InChI=1S/C21H19NO3S/c1-3-15-8-10-16(11-9-15)21(24)14(2)25-20(23)13-12-19-22-17-6-4-5-7-18(17)26-19/h4-14H,3H2,1-2H3/b13-12+/t14-/m0/s1. The summed E-state index contributed by atoms with van der Waals surface area (Å²) in [4.78, 5) is 28.8. The van der Waals surface area contributed by atoms with Crippen molar-refractivity contribution in [3.63, 3.8) is 0 Å². The lowest BCUT2D eigenvalue weighted by Crippen LogP contribution is -2.23. The lowest BCUT2D eigenvalue weighted by Gasteiger charge is -2.11. The average molecular weight is 365 g/mol. The Bertz CT molecular complexity index is 924. The van der Waals surface area contributed by atoms with Gasteiger partial charge in [-0.15, -0.1) is 11.3 Å². The first kappa shape index (κ1) is 18.0. The fourth-order valence-electron chi connectivity index (χ4n) is 2.51. The minimum absolute atomic E-state index is 0.214. The van der Waals surface area contributed by atoms with Crippen LogP contribution in [-0.2, 0) is 16.0 Å². The Balaban J connectivity index is 1.61. The quantitative estimate of drug-likeness (QED) is 0.361. The number of carbonyl (C=O) groups excluding carboxylic acids is 2. The first-order valence-electron chi connectivity index (χ1n) is 8.44. The Morgan fingerprint density at radius 3 is 2.58 bits per heavy atom. The highest BCUT2D eigenvalue weighted by Crippen LogP contribution is 2.22. The van der Waals surface area contributed by atoms with Crippen molar-refractivity contribution in [2.75, 3.05) is 0 Å². The molecule has 0 saturated carbocycles. The molecule has 1 atom stereocenters. The smallest absolute Gasteiger partial charge is 0.331 e. The van der Waals surface area contributed by atoms with Gasteiger partial charge in [-0.05, 0) is 37.1 Å². The van der Waals surface area contributed by atoms with Gasteiger partial charge < -0.3 is 4.74 Å². The zero-order valence-corrected chi connectivity index (χ0v) is 15.5. The number of para-hydroxylation sites is 1. The molecule has 2 aromatic carbocycles. The Hall–Kier alpha value is -2.79. The van der Waals surface area contributed by atoms with Crippen LogP contribution in [0.25, 0.3) is 16.3 Å². The van der Waals surface area contributed by atoms with Crippen molar-refractivity contribution < 1.29 is 14.3 Å². The minimum Gasteiger partial charge on any atom is -0.451 e. The van der Waals surface area contributed by atoms with Crippen LogP contribution in [0.1, 0.15) is 34.8 Å². The molecule has 0 unspecified atom stereocenters. The van der Waals surface area contributed by atoms with Crippen molar-refractivity contribution in [1.82, 2.24) is 4.98 Å². The van der Waals surface area contributed by atoms with E-state index in [1.165, 1.54) is 17.4 Å². The largest absolute Gasteiger partial charge is 0.451 e. The lowest BCUT2D eigenvalue weighted by molar-refractivity contribution is -0.140. The third-order valence-corrected chi connectivity index (χ3v) is 4.98. The minimum atomic E-state index is -0.838. The molecule has 0 aliphatic carbocycles. The van der Waals surface area contributed by atoms with Crippen molar-refractivity contribution in [1.29, 1.82) is 0 Å². The van der Waals surface area contributed by atoms with E-state index in [2.05, 4.69) is 11.9 Å². The van der Waals surface area contributed by atoms with Crippen LogP contribution in [0.3, 0.4) is 0 Å². The number of nitrogens with zero attached hydrogens (tertiary/aromatic N) is 1. The second kappa shape index (κ2) is 8.06. The average Bonchev–Trinajstić information content (AvgIpc) is 3.09. The van der Waals surface area contributed by atoms with Crippen molar-refractivity contribution in [2.24, 2.45) is 0 Å². The molecule has 0 bridgehead atoms. The van der Waals surface area contributed by atoms with Gasteiger partial charge in [-0.25, -0.2) is 9.78 Å². The molecule has 0 saturated heterocycles. The van der Waals surface area contributed by atoms with Crippen molar-refractivity contribution in [2.45, 2.75) is 26.4 Å². The highest BCUT2D eigenvalue weighted by Gasteiger charge is 2.18. The fourth-order valence-corrected chi connectivity index (χ4v) is 3.38. The number of thiazole rings is 1. The molecule has 3 aromatic rings. The molecule has 0 fully saturated rings. The van der Waals surface area contributed by atoms with E-state index < -0.39 is 12.1 Å². The second-order valence-corrected chi connectivity index (χ2v) is 6.91. The number of Topliss-reactive ketones (excluding diaryl/α,β-unsaturated/α-hetero) is 1. The highest BCUT2D eigenvalue weighted by atomic mass is 32.1. The zero-order chi connectivity index (χ0) is 18.5. The molecule has 26 heavy (non-hydrogen) atoms. The lowest BCUT2D eigenvalue weighted by atomic mass is 10.0. The van der Waals surface area contributed by atoms with Gasteiger partial charge in [0.15, 0.2) is 6.10 Å². The van der Waals surface area contributed by atoms with Crippen molar-refractivity contribution >= 4 is 39.4 Å². The maximum absolute atomic E-state index is 12.4. The third-order valence-electron chi connectivity index (χ3n) is 3.98. The zero-order valence-electron chi connectivity index (χ0n) is 14.6. The maximum atomic E-state index is 12.4. The van der Waals surface area contributed by atoms with E-state index in [1.54, 1.807) is 25.1 Å². The third kappa shape index (κ3) is 4.24. The van der Waals surface area contributed by atoms with E-state index in [1.807, 2.05) is 36.4 Å². The van der Waals surface area contributed by atoms with Crippen LogP contribution in [0.15, 0.2) is 54.6 Å². The molecule has 0 N–H and O–H groups in total. The number of hydrogen-bond acceptors (Lipinski definition) is 5. The number of ketones is 1. The number of hydrogen-bond donors (Lipinski definition) is 0. The van der Waals surface area contributed by atoms with E-state index in [9.17, 15) is 9.59 Å². The molecule has 0 radical (unpaired) electrons. The SMILES string of the molecule is CCc1ccc(C(=O)[C@H](C)OC(=O)/C=C/c2nc3ccccc3s2)cc1. The summed E-state index contributed by atoms with van der Waals surface area (Å²) in [7, 11) is 0. The van der Waals surface area contributed by atoms with E-state index in [0.29, 0.717) is 5.56 Å². The number of rotatable bonds is 6. The van der Waals surface area contributed by atoms with Gasteiger partial charge in [0.25, 0.3) is 0 Å². The number of benzene rings is 2. The first-order valence-corrected chi connectivity index (χ1v) is 9.26. The Morgan fingerprint density at radius 1 is 1.15 bits per heavy atom. The molecular formula is C21H19NO3S. The summed E-state index contributed by atoms with van der Waals surface area (Å²) in [6, 6.07) is 15.1. The topological polar surface area (TPSA) is 56.3 Å². The second-order valence-electron chi connectivity index (χ2n) is 5.85. The molecule has 1 aromatic heterocycles. The van der Waals surface area contributed by atoms with Crippen LogP contribution in [0.5, 0.6) is 0 Å². The summed E-state index contributed by atoms with van der Waals surface area (Å²) in [5.74, 6) is -0.773. The Morgan fingerprint density at radius 2 is 1.88 bits per heavy atom. The molecule has 5 heteroatoms. The summed E-state index contributed by atoms with van der Waals surface area (Å²) in [6.07, 6.45) is 2.99. The summed E-state index contributed by atoms with van der Waals surface area (Å²) in [6.45, 7) is 3.64. The summed E-state index contributed by atoms with van der Waals surface area (Å²) >= 11 is 1.49. The predicted octanol–water partition coefficient (Wildman–Crippen LogP) is 4.69.